The Kier molecular flexibility index (Phi) is 4.22. The lowest BCUT2D eigenvalue weighted by molar-refractivity contribution is 0.380. The van der Waals surface area contributed by atoms with Crippen molar-refractivity contribution in [2.45, 2.75) is 4.90 Å². The number of nitrogens with one attached hydrogen (secondary N) is 1. The van der Waals surface area contributed by atoms with Gasteiger partial charge >= 0.3 is 6.01 Å². The molecule has 0 fully saturated rings. The molecule has 0 spiro atoms. The molecule has 0 saturated heterocycles. The summed E-state index contributed by atoms with van der Waals surface area (Å²) < 4.78 is 49.5. The zero-order chi connectivity index (χ0) is 15.5. The number of hydrogen-bond donors (Lipinski definition) is 1. The first-order chi connectivity index (χ1) is 9.96. The largest absolute Gasteiger partial charge is 0.494 e. The van der Waals surface area contributed by atoms with Gasteiger partial charge in [-0.05, 0) is 18.2 Å². The molecule has 0 amide bonds. The summed E-state index contributed by atoms with van der Waals surface area (Å²) in [5, 5.41) is 0. The minimum Gasteiger partial charge on any atom is -0.494 e. The van der Waals surface area contributed by atoms with E-state index in [1.165, 1.54) is 38.7 Å². The summed E-state index contributed by atoms with van der Waals surface area (Å²) in [6, 6.07) is 3.43. The van der Waals surface area contributed by atoms with Gasteiger partial charge in [-0.2, -0.15) is 0 Å². The number of benzene rings is 1. The van der Waals surface area contributed by atoms with Crippen molar-refractivity contribution in [3.63, 3.8) is 0 Å². The quantitative estimate of drug-likeness (QED) is 0.898. The first-order valence-corrected chi connectivity index (χ1v) is 7.17. The Morgan fingerprint density at radius 2 is 1.81 bits per heavy atom. The molecule has 0 saturated carbocycles. The fourth-order valence-electron chi connectivity index (χ4n) is 1.50. The van der Waals surface area contributed by atoms with Crippen LogP contribution in [0.4, 0.5) is 10.1 Å². The molecule has 0 bridgehead atoms. The number of hydrogen-bond acceptors (Lipinski definition) is 6. The Morgan fingerprint density at radius 3 is 2.33 bits per heavy atom. The SMILES string of the molecule is COc1ncc(NS(=O)(=O)c2ccc(OC)c(F)c2)cn1. The van der Waals surface area contributed by atoms with Crippen LogP contribution < -0.4 is 14.2 Å². The third kappa shape index (κ3) is 3.37. The van der Waals surface area contributed by atoms with Gasteiger partial charge in [-0.1, -0.05) is 0 Å². The van der Waals surface area contributed by atoms with Gasteiger partial charge in [0, 0.05) is 0 Å². The Labute approximate surface area is 120 Å². The highest BCUT2D eigenvalue weighted by Gasteiger charge is 2.17. The van der Waals surface area contributed by atoms with Gasteiger partial charge < -0.3 is 9.47 Å². The van der Waals surface area contributed by atoms with Crippen LogP contribution in [0.3, 0.4) is 0 Å². The maximum absolute atomic E-state index is 13.6. The lowest BCUT2D eigenvalue weighted by Crippen LogP contribution is -2.13. The predicted octanol–water partition coefficient (Wildman–Crippen LogP) is 1.43. The number of sulfonamides is 1. The molecule has 0 aliphatic rings. The highest BCUT2D eigenvalue weighted by Crippen LogP contribution is 2.22. The van der Waals surface area contributed by atoms with Crippen molar-refractivity contribution in [3.8, 4) is 11.8 Å². The molecule has 1 aromatic carbocycles. The second kappa shape index (κ2) is 5.92. The molecular weight excluding hydrogens is 301 g/mol. The van der Waals surface area contributed by atoms with E-state index in [0.29, 0.717) is 0 Å². The zero-order valence-electron chi connectivity index (χ0n) is 11.2. The fraction of sp³-hybridized carbons (Fsp3) is 0.167. The van der Waals surface area contributed by atoms with Gasteiger partial charge in [0.1, 0.15) is 0 Å². The Morgan fingerprint density at radius 1 is 1.14 bits per heavy atom. The molecule has 1 heterocycles. The van der Waals surface area contributed by atoms with Crippen molar-refractivity contribution in [3.05, 3.63) is 36.4 Å². The number of anilines is 1. The monoisotopic (exact) mass is 313 g/mol. The van der Waals surface area contributed by atoms with E-state index in [4.69, 9.17) is 9.47 Å². The molecule has 2 aromatic rings. The number of halogens is 1. The topological polar surface area (TPSA) is 90.4 Å². The summed E-state index contributed by atoms with van der Waals surface area (Å²) in [6.45, 7) is 0. The lowest BCUT2D eigenvalue weighted by Gasteiger charge is -2.09. The Hall–Kier alpha value is -2.42. The molecular formula is C12H12FN3O4S. The average molecular weight is 313 g/mol. The van der Waals surface area contributed by atoms with E-state index in [9.17, 15) is 12.8 Å². The van der Waals surface area contributed by atoms with Crippen LogP contribution in [0.2, 0.25) is 0 Å². The van der Waals surface area contributed by atoms with Crippen LogP contribution in [-0.2, 0) is 10.0 Å². The minimum atomic E-state index is -3.95. The highest BCUT2D eigenvalue weighted by molar-refractivity contribution is 7.92. The first-order valence-electron chi connectivity index (χ1n) is 5.68. The third-order valence-electron chi connectivity index (χ3n) is 2.50. The van der Waals surface area contributed by atoms with Crippen LogP contribution in [0.1, 0.15) is 0 Å². The van der Waals surface area contributed by atoms with Crippen molar-refractivity contribution >= 4 is 15.7 Å². The number of methoxy groups -OCH3 is 2. The Balaban J connectivity index is 2.26. The van der Waals surface area contributed by atoms with Crippen LogP contribution in [0, 0.1) is 5.82 Å². The summed E-state index contributed by atoms with van der Waals surface area (Å²) in [5.74, 6) is -0.812. The van der Waals surface area contributed by atoms with E-state index in [2.05, 4.69) is 14.7 Å². The molecule has 1 aromatic heterocycles. The normalized spacial score (nSPS) is 11.0. The molecule has 7 nitrogen and oxygen atoms in total. The number of aromatic nitrogens is 2. The van der Waals surface area contributed by atoms with Gasteiger partial charge in [-0.3, -0.25) is 4.72 Å². The van der Waals surface area contributed by atoms with Crippen molar-refractivity contribution in [2.75, 3.05) is 18.9 Å². The molecule has 0 radical (unpaired) electrons. The van der Waals surface area contributed by atoms with E-state index >= 15 is 0 Å². The molecule has 2 rings (SSSR count). The van der Waals surface area contributed by atoms with E-state index in [1.54, 1.807) is 0 Å². The van der Waals surface area contributed by atoms with E-state index < -0.39 is 15.8 Å². The van der Waals surface area contributed by atoms with Gasteiger partial charge in [-0.25, -0.2) is 22.8 Å². The summed E-state index contributed by atoms with van der Waals surface area (Å²) in [4.78, 5) is 7.29. The van der Waals surface area contributed by atoms with E-state index in [0.717, 1.165) is 6.07 Å². The smallest absolute Gasteiger partial charge is 0.316 e. The van der Waals surface area contributed by atoms with Crippen molar-refractivity contribution in [2.24, 2.45) is 0 Å². The number of ether oxygens (including phenoxy) is 2. The first kappa shape index (κ1) is 15.0. The molecule has 0 atom stereocenters. The van der Waals surface area contributed by atoms with Crippen molar-refractivity contribution in [1.82, 2.24) is 9.97 Å². The van der Waals surface area contributed by atoms with Gasteiger partial charge in [0.25, 0.3) is 10.0 Å². The van der Waals surface area contributed by atoms with Crippen LogP contribution in [0.25, 0.3) is 0 Å². The Bertz CT molecular complexity index is 735. The second-order valence-corrected chi connectivity index (χ2v) is 5.54. The zero-order valence-corrected chi connectivity index (χ0v) is 12.0. The second-order valence-electron chi connectivity index (χ2n) is 3.86. The molecule has 1 N–H and O–H groups in total. The summed E-state index contributed by atoms with van der Waals surface area (Å²) in [5.41, 5.74) is 0.132. The molecule has 112 valence electrons. The molecule has 0 unspecified atom stereocenters. The van der Waals surface area contributed by atoms with E-state index in [1.807, 2.05) is 0 Å². The minimum absolute atomic E-state index is 0.0401. The van der Waals surface area contributed by atoms with Crippen molar-refractivity contribution in [1.29, 1.82) is 0 Å². The standard InChI is InChI=1S/C12H12FN3O4S/c1-19-11-4-3-9(5-10(11)13)21(17,18)16-8-6-14-12(20-2)15-7-8/h3-7,16H,1-2H3. The molecule has 21 heavy (non-hydrogen) atoms. The van der Waals surface area contributed by atoms with Crippen LogP contribution in [-0.4, -0.2) is 32.6 Å². The third-order valence-corrected chi connectivity index (χ3v) is 3.88. The van der Waals surface area contributed by atoms with Crippen molar-refractivity contribution < 1.29 is 22.3 Å². The van der Waals surface area contributed by atoms with E-state index in [-0.39, 0.29) is 22.3 Å². The molecule has 0 aliphatic carbocycles. The maximum atomic E-state index is 13.6. The molecule has 9 heteroatoms. The number of nitrogens with zero attached hydrogens (tertiary/aromatic N) is 2. The molecule has 0 aliphatic heterocycles. The van der Waals surface area contributed by atoms with Gasteiger partial charge in [-0.15, -0.1) is 0 Å². The number of rotatable bonds is 5. The van der Waals surface area contributed by atoms with Gasteiger partial charge in [0.2, 0.25) is 0 Å². The average Bonchev–Trinajstić information content (AvgIpc) is 2.47. The van der Waals surface area contributed by atoms with Gasteiger partial charge in [0.05, 0.1) is 37.2 Å². The fourth-order valence-corrected chi connectivity index (χ4v) is 2.54. The summed E-state index contributed by atoms with van der Waals surface area (Å²) in [7, 11) is -1.27. The summed E-state index contributed by atoms with van der Waals surface area (Å²) in [6.07, 6.45) is 2.48. The van der Waals surface area contributed by atoms with Crippen LogP contribution in [0.15, 0.2) is 35.5 Å². The predicted molar refractivity (Wildman–Crippen MR) is 72.3 cm³/mol. The van der Waals surface area contributed by atoms with Crippen LogP contribution in [0.5, 0.6) is 11.8 Å². The van der Waals surface area contributed by atoms with Gasteiger partial charge in [0.15, 0.2) is 11.6 Å². The highest BCUT2D eigenvalue weighted by atomic mass is 32.2. The summed E-state index contributed by atoms with van der Waals surface area (Å²) >= 11 is 0. The maximum Gasteiger partial charge on any atom is 0.316 e. The van der Waals surface area contributed by atoms with Crippen LogP contribution >= 0.6 is 0 Å². The lowest BCUT2D eigenvalue weighted by atomic mass is 10.3.